The topological polar surface area (TPSA) is 261 Å². The van der Waals surface area contributed by atoms with Crippen molar-refractivity contribution >= 4 is 29.8 Å². The van der Waals surface area contributed by atoms with Gasteiger partial charge in [-0.25, -0.2) is 0 Å². The van der Waals surface area contributed by atoms with Gasteiger partial charge in [-0.2, -0.15) is 5.06 Å². The minimum absolute atomic E-state index is 0.00955. The molecular formula is C46H59N3O16. The summed E-state index contributed by atoms with van der Waals surface area (Å²) in [7, 11) is 0. The predicted molar refractivity (Wildman–Crippen MR) is 224 cm³/mol. The zero-order chi connectivity index (χ0) is 46.3. The number of aliphatic hydroxyl groups excluding tert-OH is 5. The van der Waals surface area contributed by atoms with Crippen LogP contribution in [-0.4, -0.2) is 159 Å². The molecule has 0 radical (unpaired) electrons. The van der Waals surface area contributed by atoms with Crippen LogP contribution in [0, 0.1) is 5.41 Å². The van der Waals surface area contributed by atoms with E-state index in [0.717, 1.165) is 22.3 Å². The number of carbonyl (C=O) groups is 4. The molecule has 12 atom stereocenters. The van der Waals surface area contributed by atoms with E-state index in [2.05, 4.69) is 10.6 Å². The summed E-state index contributed by atoms with van der Waals surface area (Å²) in [4.78, 5) is 60.9. The van der Waals surface area contributed by atoms with E-state index in [1.165, 1.54) is 5.06 Å². The second kappa shape index (κ2) is 19.1. The second-order valence-electron chi connectivity index (χ2n) is 18.7. The molecule has 2 bridgehead atoms. The van der Waals surface area contributed by atoms with Gasteiger partial charge in [-0.05, 0) is 49.4 Å². The van der Waals surface area contributed by atoms with E-state index < -0.39 is 121 Å². The molecule has 2 amide bonds. The molecule has 0 aromatic heterocycles. The van der Waals surface area contributed by atoms with Crippen molar-refractivity contribution in [1.29, 1.82) is 0 Å². The standard InChI is InChI=1S/C46H59N3O16/c1-44(2,3)62-33(53)14-13-29(23-50)48-32(52)15-16-47-43(58)46-21-30-37-38(64-45(63-37)19-27-11-4-5-12-28(27)20-45)40(46)65-49(39(46)41(57)60-30)22-26-9-6-8-25(18-26)10-7-17-59-42-36(56)35(55)34(54)31(24-51)61-42/h4-12,18,29-31,34-40,42,50-51,54-56H,13-17,19-24H2,1-3H3,(H,47,58)(H,48,52). The molecule has 65 heavy (non-hydrogen) atoms. The Hall–Kier alpha value is -4.38. The third kappa shape index (κ3) is 9.73. The first-order valence-corrected chi connectivity index (χ1v) is 22.2. The third-order valence-electron chi connectivity index (χ3n) is 12.9. The fourth-order valence-electron chi connectivity index (χ4n) is 9.92. The zero-order valence-electron chi connectivity index (χ0n) is 36.6. The summed E-state index contributed by atoms with van der Waals surface area (Å²) in [6.07, 6.45) is -5.93. The lowest BCUT2D eigenvalue weighted by Gasteiger charge is -2.48. The Labute approximate surface area is 375 Å². The average Bonchev–Trinajstić information content (AvgIpc) is 3.94. The van der Waals surface area contributed by atoms with Gasteiger partial charge >= 0.3 is 11.9 Å². The van der Waals surface area contributed by atoms with Crippen LogP contribution in [0.4, 0.5) is 0 Å². The van der Waals surface area contributed by atoms with Crippen molar-refractivity contribution in [2.75, 3.05) is 26.4 Å². The van der Waals surface area contributed by atoms with Crippen molar-refractivity contribution in [2.24, 2.45) is 5.41 Å². The number of ether oxygens (including phenoxy) is 6. The minimum Gasteiger partial charge on any atom is -0.460 e. The molecule has 19 nitrogen and oxygen atoms in total. The van der Waals surface area contributed by atoms with Gasteiger partial charge in [-0.1, -0.05) is 60.7 Å². The van der Waals surface area contributed by atoms with Gasteiger partial charge in [0.2, 0.25) is 11.8 Å². The van der Waals surface area contributed by atoms with Gasteiger partial charge in [-0.15, -0.1) is 0 Å². The molecule has 1 spiro atoms. The van der Waals surface area contributed by atoms with Crippen molar-refractivity contribution in [3.63, 3.8) is 0 Å². The van der Waals surface area contributed by atoms with Crippen LogP contribution in [0.5, 0.6) is 0 Å². The maximum atomic E-state index is 14.7. The maximum Gasteiger partial charge on any atom is 0.327 e. The molecule has 354 valence electrons. The van der Waals surface area contributed by atoms with Crippen LogP contribution in [0.1, 0.15) is 68.7 Å². The summed E-state index contributed by atoms with van der Waals surface area (Å²) >= 11 is 0. The molecule has 2 aromatic rings. The summed E-state index contributed by atoms with van der Waals surface area (Å²) in [5, 5.41) is 56.9. The molecule has 4 saturated heterocycles. The number of amides is 2. The second-order valence-corrected chi connectivity index (χ2v) is 18.7. The number of benzene rings is 2. The monoisotopic (exact) mass is 909 g/mol. The number of hydrogen-bond acceptors (Lipinski definition) is 17. The highest BCUT2D eigenvalue weighted by Gasteiger charge is 2.76. The number of rotatable bonds is 16. The molecule has 4 aliphatic heterocycles. The SMILES string of the molecule is CC(C)(C)OC(=O)CCC(CO)NC(=O)CCNC(=O)C12CC3OC(=O)C1N(Cc1cccc(C=CCOC4OC(CO)C(O)C(O)C4O)c1)OC2C1OC2(Cc4ccccc4C2)OC31. The van der Waals surface area contributed by atoms with E-state index in [4.69, 9.17) is 33.3 Å². The fourth-order valence-corrected chi connectivity index (χ4v) is 9.92. The molecule has 8 rings (SSSR count). The van der Waals surface area contributed by atoms with Crippen LogP contribution in [0.3, 0.4) is 0 Å². The molecule has 19 heteroatoms. The van der Waals surface area contributed by atoms with Crippen molar-refractivity contribution in [3.05, 3.63) is 76.9 Å². The minimum atomic E-state index is -1.57. The van der Waals surface area contributed by atoms with Crippen LogP contribution in [-0.2, 0) is 71.8 Å². The Morgan fingerprint density at radius 1 is 0.969 bits per heavy atom. The highest BCUT2D eigenvalue weighted by molar-refractivity contribution is 5.94. The summed E-state index contributed by atoms with van der Waals surface area (Å²) < 4.78 is 36.0. The van der Waals surface area contributed by atoms with E-state index in [1.54, 1.807) is 32.9 Å². The predicted octanol–water partition coefficient (Wildman–Crippen LogP) is -0.299. The quantitative estimate of drug-likeness (QED) is 0.107. The summed E-state index contributed by atoms with van der Waals surface area (Å²) in [5.74, 6) is -3.14. The Balaban J connectivity index is 0.965. The number of nitrogens with one attached hydrogen (secondary N) is 2. The van der Waals surface area contributed by atoms with Crippen LogP contribution >= 0.6 is 0 Å². The third-order valence-corrected chi connectivity index (χ3v) is 12.9. The molecule has 4 heterocycles. The van der Waals surface area contributed by atoms with Crippen molar-refractivity contribution < 1.29 is 78.0 Å². The molecule has 6 aliphatic rings. The molecule has 12 unspecified atom stereocenters. The first kappa shape index (κ1) is 47.1. The van der Waals surface area contributed by atoms with Crippen LogP contribution in [0.15, 0.2) is 54.6 Å². The first-order chi connectivity index (χ1) is 31.0. The lowest BCUT2D eigenvalue weighted by atomic mass is 9.62. The van der Waals surface area contributed by atoms with Crippen LogP contribution in [0.2, 0.25) is 0 Å². The molecule has 2 aromatic carbocycles. The number of hydrogen-bond donors (Lipinski definition) is 7. The highest BCUT2D eigenvalue weighted by atomic mass is 16.8. The Morgan fingerprint density at radius 2 is 1.71 bits per heavy atom. The van der Waals surface area contributed by atoms with E-state index in [-0.39, 0.29) is 45.4 Å². The molecular weight excluding hydrogens is 851 g/mol. The smallest absolute Gasteiger partial charge is 0.327 e. The van der Waals surface area contributed by atoms with E-state index >= 15 is 0 Å². The largest absolute Gasteiger partial charge is 0.460 e. The molecule has 5 fully saturated rings. The van der Waals surface area contributed by atoms with Crippen molar-refractivity contribution in [3.8, 4) is 0 Å². The average molecular weight is 910 g/mol. The Morgan fingerprint density at radius 3 is 2.42 bits per heavy atom. The maximum absolute atomic E-state index is 14.7. The fraction of sp³-hybridized carbons (Fsp3) is 0.609. The Bertz CT molecular complexity index is 2090. The number of aliphatic hydroxyl groups is 5. The van der Waals surface area contributed by atoms with E-state index in [9.17, 15) is 44.7 Å². The van der Waals surface area contributed by atoms with Crippen LogP contribution in [0.25, 0.3) is 6.08 Å². The number of hydroxylamine groups is 2. The molecule has 1 saturated carbocycles. The first-order valence-electron chi connectivity index (χ1n) is 22.2. The summed E-state index contributed by atoms with van der Waals surface area (Å²) in [6, 6.07) is 13.4. The number of carbonyl (C=O) groups excluding carboxylic acids is 4. The highest BCUT2D eigenvalue weighted by Crippen LogP contribution is 2.58. The van der Waals surface area contributed by atoms with Crippen LogP contribution < -0.4 is 10.6 Å². The molecule has 7 N–H and O–H groups in total. The normalized spacial score (nSPS) is 32.8. The van der Waals surface area contributed by atoms with Gasteiger partial charge in [0.05, 0.1) is 32.4 Å². The van der Waals surface area contributed by atoms with Gasteiger partial charge in [0.1, 0.15) is 59.8 Å². The van der Waals surface area contributed by atoms with Crippen molar-refractivity contribution in [1.82, 2.24) is 15.7 Å². The van der Waals surface area contributed by atoms with Gasteiger partial charge < -0.3 is 64.6 Å². The molecule has 2 aliphatic carbocycles. The number of nitrogens with zero attached hydrogens (tertiary/aromatic N) is 1. The van der Waals surface area contributed by atoms with E-state index in [0.29, 0.717) is 12.8 Å². The summed E-state index contributed by atoms with van der Waals surface area (Å²) in [5.41, 5.74) is 1.43. The Kier molecular flexibility index (Phi) is 13.8. The van der Waals surface area contributed by atoms with Gasteiger partial charge in [-0.3, -0.25) is 24.0 Å². The number of esters is 2. The van der Waals surface area contributed by atoms with E-state index in [1.807, 2.05) is 48.5 Å². The lowest BCUT2D eigenvalue weighted by molar-refractivity contribution is -0.298. The van der Waals surface area contributed by atoms with Gasteiger partial charge in [0.15, 0.2) is 18.1 Å². The summed E-state index contributed by atoms with van der Waals surface area (Å²) in [6.45, 7) is 4.17. The van der Waals surface area contributed by atoms with Gasteiger partial charge in [0, 0.05) is 38.6 Å². The van der Waals surface area contributed by atoms with Crippen molar-refractivity contribution in [2.45, 2.75) is 144 Å². The lowest BCUT2D eigenvalue weighted by Crippen LogP contribution is -2.69. The van der Waals surface area contributed by atoms with Gasteiger partial charge in [0.25, 0.3) is 0 Å². The zero-order valence-corrected chi connectivity index (χ0v) is 36.6. The number of fused-ring (bicyclic) bond motifs is 5.